The zero-order valence-corrected chi connectivity index (χ0v) is 19.4. The van der Waals surface area contributed by atoms with Crippen LogP contribution in [-0.4, -0.2) is 16.7 Å². The Balaban J connectivity index is 2.51. The van der Waals surface area contributed by atoms with Gasteiger partial charge in [-0.25, -0.2) is 0 Å². The van der Waals surface area contributed by atoms with Gasteiger partial charge in [-0.2, -0.15) is 0 Å². The molecule has 1 aromatic heterocycles. The maximum Gasteiger partial charge on any atom is 0.123 e. The fourth-order valence-electron chi connectivity index (χ4n) is 3.60. The molecule has 0 aliphatic heterocycles. The van der Waals surface area contributed by atoms with Crippen molar-refractivity contribution < 1.29 is 9.84 Å². The molecule has 0 aliphatic rings. The van der Waals surface area contributed by atoms with Crippen molar-refractivity contribution in [1.29, 1.82) is 0 Å². The zero-order valence-electron chi connectivity index (χ0n) is 19.4. The lowest BCUT2D eigenvalue weighted by molar-refractivity contribution is 0.0764. The number of aromatic hydroxyl groups is 1. The molecule has 0 amide bonds. The van der Waals surface area contributed by atoms with Crippen LogP contribution in [-0.2, 0) is 15.6 Å². The first kappa shape index (κ1) is 23.4. The standard InChI is InChI=1S/C26H39NO2/c1-8-9-10-11-15-29-24(19-13-12-14-27-18-19)20-16-21(25(2,3)4)23(28)22(17-20)26(5,6)7/h12-14,16-18,24,28H,8-11,15H2,1-7H3. The Bertz CT molecular complexity index is 735. The minimum atomic E-state index is -0.187. The average Bonchev–Trinajstić information content (AvgIpc) is 2.64. The third-order valence-corrected chi connectivity index (χ3v) is 5.32. The Hall–Kier alpha value is -1.87. The van der Waals surface area contributed by atoms with E-state index < -0.39 is 0 Å². The summed E-state index contributed by atoms with van der Waals surface area (Å²) in [6.45, 7) is 15.8. The van der Waals surface area contributed by atoms with Gasteiger partial charge in [0.2, 0.25) is 0 Å². The number of unbranched alkanes of at least 4 members (excludes halogenated alkanes) is 3. The van der Waals surface area contributed by atoms with Gasteiger partial charge < -0.3 is 9.84 Å². The molecule has 0 saturated heterocycles. The SMILES string of the molecule is CCCCCCOC(c1cccnc1)c1cc(C(C)(C)C)c(O)c(C(C)(C)C)c1. The van der Waals surface area contributed by atoms with Crippen molar-refractivity contribution in [3.8, 4) is 5.75 Å². The predicted molar refractivity (Wildman–Crippen MR) is 122 cm³/mol. The van der Waals surface area contributed by atoms with E-state index in [1.165, 1.54) is 19.3 Å². The summed E-state index contributed by atoms with van der Waals surface area (Å²) in [5, 5.41) is 11.1. The maximum absolute atomic E-state index is 11.1. The van der Waals surface area contributed by atoms with Crippen LogP contribution in [0.3, 0.4) is 0 Å². The van der Waals surface area contributed by atoms with Crippen LogP contribution in [0.15, 0.2) is 36.7 Å². The normalized spacial score (nSPS) is 13.5. The van der Waals surface area contributed by atoms with Gasteiger partial charge >= 0.3 is 0 Å². The van der Waals surface area contributed by atoms with E-state index in [1.54, 1.807) is 6.20 Å². The number of aromatic nitrogens is 1. The van der Waals surface area contributed by atoms with Crippen LogP contribution in [0.4, 0.5) is 0 Å². The molecule has 0 bridgehead atoms. The van der Waals surface area contributed by atoms with Crippen molar-refractivity contribution in [1.82, 2.24) is 4.98 Å². The second-order valence-corrected chi connectivity index (χ2v) is 10.1. The molecule has 1 unspecified atom stereocenters. The molecule has 1 N–H and O–H groups in total. The second-order valence-electron chi connectivity index (χ2n) is 10.1. The summed E-state index contributed by atoms with van der Waals surface area (Å²) in [4.78, 5) is 4.32. The number of benzene rings is 1. The lowest BCUT2D eigenvalue weighted by Gasteiger charge is -2.30. The van der Waals surface area contributed by atoms with E-state index in [4.69, 9.17) is 4.74 Å². The Morgan fingerprint density at radius 1 is 0.931 bits per heavy atom. The highest BCUT2D eigenvalue weighted by Gasteiger charge is 2.28. The molecule has 2 aromatic rings. The van der Waals surface area contributed by atoms with Crippen molar-refractivity contribution in [3.63, 3.8) is 0 Å². The van der Waals surface area contributed by atoms with E-state index >= 15 is 0 Å². The van der Waals surface area contributed by atoms with Crippen molar-refractivity contribution in [2.24, 2.45) is 0 Å². The van der Waals surface area contributed by atoms with Gasteiger partial charge in [-0.1, -0.05) is 73.8 Å². The van der Waals surface area contributed by atoms with Gasteiger partial charge in [0, 0.05) is 24.6 Å². The number of ether oxygens (including phenoxy) is 1. The predicted octanol–water partition coefficient (Wildman–Crippen LogP) is 7.07. The topological polar surface area (TPSA) is 42.4 Å². The highest BCUT2D eigenvalue weighted by atomic mass is 16.5. The number of phenolic OH excluding ortho intramolecular Hbond substituents is 1. The fraction of sp³-hybridized carbons (Fsp3) is 0.577. The van der Waals surface area contributed by atoms with Crippen LogP contribution in [0.5, 0.6) is 5.75 Å². The Morgan fingerprint density at radius 2 is 1.55 bits per heavy atom. The smallest absolute Gasteiger partial charge is 0.123 e. The maximum atomic E-state index is 11.1. The first-order chi connectivity index (χ1) is 13.6. The van der Waals surface area contributed by atoms with Gasteiger partial charge in [0.25, 0.3) is 0 Å². The van der Waals surface area contributed by atoms with E-state index in [1.807, 2.05) is 12.3 Å². The summed E-state index contributed by atoms with van der Waals surface area (Å²) in [5.74, 6) is 0.404. The Morgan fingerprint density at radius 3 is 2.03 bits per heavy atom. The van der Waals surface area contributed by atoms with Crippen molar-refractivity contribution >= 4 is 0 Å². The summed E-state index contributed by atoms with van der Waals surface area (Å²) < 4.78 is 6.41. The number of nitrogens with zero attached hydrogens (tertiary/aromatic N) is 1. The molecule has 0 aliphatic carbocycles. The first-order valence-corrected chi connectivity index (χ1v) is 10.9. The van der Waals surface area contributed by atoms with Gasteiger partial charge in [0.15, 0.2) is 0 Å². The molecule has 0 saturated carbocycles. The van der Waals surface area contributed by atoms with E-state index in [0.29, 0.717) is 5.75 Å². The van der Waals surface area contributed by atoms with E-state index in [0.717, 1.165) is 35.3 Å². The van der Waals surface area contributed by atoms with Gasteiger partial charge in [-0.15, -0.1) is 0 Å². The van der Waals surface area contributed by atoms with E-state index in [2.05, 4.69) is 71.6 Å². The molecule has 0 spiro atoms. The van der Waals surface area contributed by atoms with Crippen LogP contribution < -0.4 is 0 Å². The van der Waals surface area contributed by atoms with Crippen molar-refractivity contribution in [2.45, 2.75) is 91.1 Å². The van der Waals surface area contributed by atoms with Gasteiger partial charge in [0.1, 0.15) is 11.9 Å². The molecule has 2 rings (SSSR count). The molecule has 160 valence electrons. The average molecular weight is 398 g/mol. The molecular weight excluding hydrogens is 358 g/mol. The Labute approximate surface area is 177 Å². The quantitative estimate of drug-likeness (QED) is 0.484. The zero-order chi connectivity index (χ0) is 21.7. The second kappa shape index (κ2) is 9.75. The summed E-state index contributed by atoms with van der Waals surface area (Å²) in [6.07, 6.45) is 8.19. The molecule has 29 heavy (non-hydrogen) atoms. The highest BCUT2D eigenvalue weighted by Crippen LogP contribution is 2.42. The molecular formula is C26H39NO2. The number of rotatable bonds is 8. The lowest BCUT2D eigenvalue weighted by Crippen LogP contribution is -2.19. The van der Waals surface area contributed by atoms with Crippen LogP contribution in [0.2, 0.25) is 0 Å². The van der Waals surface area contributed by atoms with Gasteiger partial charge in [-0.3, -0.25) is 4.98 Å². The molecule has 3 heteroatoms. The molecule has 3 nitrogen and oxygen atoms in total. The summed E-state index contributed by atoms with van der Waals surface area (Å²) in [5.41, 5.74) is 3.72. The van der Waals surface area contributed by atoms with Crippen LogP contribution >= 0.6 is 0 Å². The third-order valence-electron chi connectivity index (χ3n) is 5.32. The van der Waals surface area contributed by atoms with Crippen LogP contribution in [0, 0.1) is 0 Å². The minimum Gasteiger partial charge on any atom is -0.507 e. The summed E-state index contributed by atoms with van der Waals surface area (Å²) >= 11 is 0. The minimum absolute atomic E-state index is 0.166. The number of hydrogen-bond donors (Lipinski definition) is 1. The monoisotopic (exact) mass is 397 g/mol. The molecule has 0 radical (unpaired) electrons. The van der Waals surface area contributed by atoms with Crippen LogP contribution in [0.25, 0.3) is 0 Å². The molecule has 1 heterocycles. The largest absolute Gasteiger partial charge is 0.507 e. The number of hydrogen-bond acceptors (Lipinski definition) is 3. The molecule has 0 fully saturated rings. The van der Waals surface area contributed by atoms with Gasteiger partial charge in [0.05, 0.1) is 0 Å². The number of phenols is 1. The van der Waals surface area contributed by atoms with E-state index in [-0.39, 0.29) is 16.9 Å². The van der Waals surface area contributed by atoms with E-state index in [9.17, 15) is 5.11 Å². The van der Waals surface area contributed by atoms with Gasteiger partial charge in [-0.05, 0) is 52.1 Å². The fourth-order valence-corrected chi connectivity index (χ4v) is 3.60. The third kappa shape index (κ3) is 6.30. The van der Waals surface area contributed by atoms with Crippen LogP contribution in [0.1, 0.15) is 103 Å². The molecule has 1 atom stereocenters. The Kier molecular flexibility index (Phi) is 7.87. The molecule has 1 aromatic carbocycles. The lowest BCUT2D eigenvalue weighted by atomic mass is 9.77. The van der Waals surface area contributed by atoms with Crippen molar-refractivity contribution in [3.05, 3.63) is 58.9 Å². The highest BCUT2D eigenvalue weighted by molar-refractivity contribution is 5.51. The summed E-state index contributed by atoms with van der Waals surface area (Å²) in [7, 11) is 0. The summed E-state index contributed by atoms with van der Waals surface area (Å²) in [6, 6.07) is 8.27. The number of pyridine rings is 1. The van der Waals surface area contributed by atoms with Crippen molar-refractivity contribution in [2.75, 3.05) is 6.61 Å². The first-order valence-electron chi connectivity index (χ1n) is 10.9.